The summed E-state index contributed by atoms with van der Waals surface area (Å²) in [7, 11) is 0. The van der Waals surface area contributed by atoms with Gasteiger partial charge in [-0.3, -0.25) is 0 Å². The maximum absolute atomic E-state index is 10.1. The van der Waals surface area contributed by atoms with Crippen LogP contribution in [0.15, 0.2) is 0 Å². The van der Waals surface area contributed by atoms with Crippen LogP contribution in [0.3, 0.4) is 0 Å². The molecule has 0 aromatic heterocycles. The molecule has 3 fully saturated rings. The lowest BCUT2D eigenvalue weighted by atomic mass is 9.48. The molecule has 3 rings (SSSR count). The monoisotopic (exact) mass is 337 g/mol. The third-order valence-corrected chi connectivity index (χ3v) is 8.97. The van der Waals surface area contributed by atoms with Crippen LogP contribution in [-0.4, -0.2) is 29.5 Å². The molecule has 0 saturated heterocycles. The summed E-state index contributed by atoms with van der Waals surface area (Å²) in [5, 5.41) is 20.1. The Morgan fingerprint density at radius 3 is 2.21 bits per heavy atom. The van der Waals surface area contributed by atoms with Crippen molar-refractivity contribution in [3.8, 4) is 0 Å². The predicted molar refractivity (Wildman–Crippen MR) is 98.4 cm³/mol. The average Bonchev–Trinajstić information content (AvgIpc) is 2.92. The Bertz CT molecular complexity index is 442. The minimum Gasteiger partial charge on any atom is -0.396 e. The summed E-state index contributed by atoms with van der Waals surface area (Å²) >= 11 is 0. The first kappa shape index (κ1) is 18.7. The maximum atomic E-state index is 10.1. The Balaban J connectivity index is 1.87. The van der Waals surface area contributed by atoms with Crippen molar-refractivity contribution >= 4 is 0 Å². The molecule has 0 unspecified atom stereocenters. The second-order valence-corrected chi connectivity index (χ2v) is 9.65. The van der Waals surface area contributed by atoms with Gasteiger partial charge in [0.15, 0.2) is 0 Å². The highest BCUT2D eigenvalue weighted by Gasteiger charge is 2.57. The van der Waals surface area contributed by atoms with Crippen LogP contribution in [0.1, 0.15) is 72.1 Å². The highest BCUT2D eigenvalue weighted by molar-refractivity contribution is 5.07. The van der Waals surface area contributed by atoms with Gasteiger partial charge in [-0.15, -0.1) is 0 Å². The highest BCUT2D eigenvalue weighted by atomic mass is 16.3. The molecule has 3 saturated carbocycles. The fraction of sp³-hybridized carbons (Fsp3) is 1.00. The van der Waals surface area contributed by atoms with Crippen molar-refractivity contribution in [2.75, 3.05) is 13.2 Å². The van der Waals surface area contributed by atoms with E-state index in [1.165, 1.54) is 32.1 Å². The molecule has 3 aliphatic rings. The topological polar surface area (TPSA) is 66.5 Å². The molecule has 0 amide bonds. The lowest BCUT2D eigenvalue weighted by Gasteiger charge is -2.57. The number of rotatable bonds is 4. The lowest BCUT2D eigenvalue weighted by molar-refractivity contribution is -0.102. The molecule has 0 bridgehead atoms. The number of hydrogen-bond acceptors (Lipinski definition) is 3. The van der Waals surface area contributed by atoms with Gasteiger partial charge in [-0.05, 0) is 91.9 Å². The standard InChI is InChI=1S/C21H39NO2/c1-4-14-5-6-18-17(12-22)19(8-10-20(14,18)2)21(3)9-7-16(24)11-15(21)13-23/h14-19,23-24H,4-13,22H2,1-3H3/t14-,15+,16-,17-,18-,19-,20+,21-/m0/s1. The van der Waals surface area contributed by atoms with E-state index in [1.54, 1.807) is 0 Å². The first-order chi connectivity index (χ1) is 11.4. The summed E-state index contributed by atoms with van der Waals surface area (Å²) in [5.41, 5.74) is 6.99. The van der Waals surface area contributed by atoms with E-state index in [0.717, 1.165) is 37.6 Å². The number of aliphatic hydroxyl groups excluding tert-OH is 2. The molecule has 0 aromatic carbocycles. The summed E-state index contributed by atoms with van der Waals surface area (Å²) in [4.78, 5) is 0. The molecule has 3 nitrogen and oxygen atoms in total. The van der Waals surface area contributed by atoms with Crippen molar-refractivity contribution < 1.29 is 10.2 Å². The quantitative estimate of drug-likeness (QED) is 0.734. The Hall–Kier alpha value is -0.120. The summed E-state index contributed by atoms with van der Waals surface area (Å²) in [6.45, 7) is 8.28. The normalized spacial score (nSPS) is 52.2. The Morgan fingerprint density at radius 2 is 1.58 bits per heavy atom. The molecule has 0 spiro atoms. The van der Waals surface area contributed by atoms with Gasteiger partial charge in [0.25, 0.3) is 0 Å². The number of hydrogen-bond donors (Lipinski definition) is 3. The minimum atomic E-state index is -0.226. The fourth-order valence-corrected chi connectivity index (χ4v) is 7.38. The van der Waals surface area contributed by atoms with Crippen LogP contribution in [-0.2, 0) is 0 Å². The zero-order valence-corrected chi connectivity index (χ0v) is 16.0. The highest BCUT2D eigenvalue weighted by Crippen LogP contribution is 2.64. The van der Waals surface area contributed by atoms with Gasteiger partial charge in [-0.1, -0.05) is 27.2 Å². The van der Waals surface area contributed by atoms with E-state index in [0.29, 0.717) is 17.3 Å². The molecule has 140 valence electrons. The summed E-state index contributed by atoms with van der Waals surface area (Å²) in [6.07, 6.45) is 9.08. The predicted octanol–water partition coefficient (Wildman–Crippen LogP) is 3.57. The zero-order chi connectivity index (χ0) is 17.5. The van der Waals surface area contributed by atoms with E-state index in [4.69, 9.17) is 5.73 Å². The number of fused-ring (bicyclic) bond motifs is 1. The average molecular weight is 338 g/mol. The van der Waals surface area contributed by atoms with Crippen LogP contribution < -0.4 is 5.73 Å². The van der Waals surface area contributed by atoms with E-state index < -0.39 is 0 Å². The molecular formula is C21H39NO2. The fourth-order valence-electron chi connectivity index (χ4n) is 7.38. The van der Waals surface area contributed by atoms with E-state index in [-0.39, 0.29) is 24.0 Å². The maximum Gasteiger partial charge on any atom is 0.0544 e. The van der Waals surface area contributed by atoms with Gasteiger partial charge < -0.3 is 15.9 Å². The first-order valence-corrected chi connectivity index (χ1v) is 10.4. The molecular weight excluding hydrogens is 298 g/mol. The largest absolute Gasteiger partial charge is 0.396 e. The molecule has 3 aliphatic carbocycles. The van der Waals surface area contributed by atoms with Crippen molar-refractivity contribution in [1.29, 1.82) is 0 Å². The van der Waals surface area contributed by atoms with Gasteiger partial charge in [0.1, 0.15) is 0 Å². The van der Waals surface area contributed by atoms with Crippen LogP contribution in [0.25, 0.3) is 0 Å². The van der Waals surface area contributed by atoms with Crippen molar-refractivity contribution in [2.24, 2.45) is 46.2 Å². The van der Waals surface area contributed by atoms with Crippen LogP contribution in [0, 0.1) is 40.4 Å². The second kappa shape index (κ2) is 6.89. The van der Waals surface area contributed by atoms with Crippen molar-refractivity contribution in [3.63, 3.8) is 0 Å². The number of aliphatic hydroxyl groups is 2. The Kier molecular flexibility index (Phi) is 5.36. The summed E-state index contributed by atoms with van der Waals surface area (Å²) < 4.78 is 0. The summed E-state index contributed by atoms with van der Waals surface area (Å²) in [6, 6.07) is 0. The summed E-state index contributed by atoms with van der Waals surface area (Å²) in [5.74, 6) is 3.06. The Labute approximate surface area is 148 Å². The first-order valence-electron chi connectivity index (χ1n) is 10.4. The zero-order valence-electron chi connectivity index (χ0n) is 16.0. The molecule has 0 aromatic rings. The van der Waals surface area contributed by atoms with E-state index in [2.05, 4.69) is 20.8 Å². The van der Waals surface area contributed by atoms with Gasteiger partial charge in [0.05, 0.1) is 6.10 Å². The number of nitrogens with two attached hydrogens (primary N) is 1. The van der Waals surface area contributed by atoms with Gasteiger partial charge in [-0.25, -0.2) is 0 Å². The molecule has 0 aliphatic heterocycles. The van der Waals surface area contributed by atoms with Gasteiger partial charge in [-0.2, -0.15) is 0 Å². The molecule has 3 heteroatoms. The molecule has 0 heterocycles. The second-order valence-electron chi connectivity index (χ2n) is 9.65. The smallest absolute Gasteiger partial charge is 0.0544 e. The molecule has 8 atom stereocenters. The molecule has 4 N–H and O–H groups in total. The van der Waals surface area contributed by atoms with Gasteiger partial charge >= 0.3 is 0 Å². The van der Waals surface area contributed by atoms with E-state index in [1.807, 2.05) is 0 Å². The minimum absolute atomic E-state index is 0.143. The molecule has 0 radical (unpaired) electrons. The van der Waals surface area contributed by atoms with Crippen molar-refractivity contribution in [3.05, 3.63) is 0 Å². The van der Waals surface area contributed by atoms with Gasteiger partial charge in [0.2, 0.25) is 0 Å². The van der Waals surface area contributed by atoms with Gasteiger partial charge in [0, 0.05) is 6.61 Å². The SMILES string of the molecule is CC[C@H]1CC[C@H]2[C@H](CN)[C@@H]([C@@]3(C)CC[C@H](O)C[C@@H]3CO)CC[C@]12C. The van der Waals surface area contributed by atoms with Crippen molar-refractivity contribution in [1.82, 2.24) is 0 Å². The third-order valence-electron chi connectivity index (χ3n) is 8.97. The van der Waals surface area contributed by atoms with Crippen LogP contribution in [0.5, 0.6) is 0 Å². The van der Waals surface area contributed by atoms with Crippen molar-refractivity contribution in [2.45, 2.75) is 78.2 Å². The van der Waals surface area contributed by atoms with Crippen LogP contribution >= 0.6 is 0 Å². The van der Waals surface area contributed by atoms with E-state index in [9.17, 15) is 10.2 Å². The third kappa shape index (κ3) is 2.75. The molecule has 24 heavy (non-hydrogen) atoms. The van der Waals surface area contributed by atoms with Crippen LogP contribution in [0.2, 0.25) is 0 Å². The van der Waals surface area contributed by atoms with E-state index >= 15 is 0 Å². The lowest BCUT2D eigenvalue weighted by Crippen LogP contribution is -2.53. The Morgan fingerprint density at radius 1 is 0.958 bits per heavy atom. The van der Waals surface area contributed by atoms with Crippen LogP contribution in [0.4, 0.5) is 0 Å².